The molecule has 3 rings (SSSR count). The van der Waals surface area contributed by atoms with Crippen molar-refractivity contribution in [3.8, 4) is 0 Å². The lowest BCUT2D eigenvalue weighted by molar-refractivity contribution is -0.115. The highest BCUT2D eigenvalue weighted by Crippen LogP contribution is 2.18. The van der Waals surface area contributed by atoms with Crippen molar-refractivity contribution in [3.63, 3.8) is 0 Å². The average Bonchev–Trinajstić information content (AvgIpc) is 2.99. The van der Waals surface area contributed by atoms with E-state index in [-0.39, 0.29) is 12.3 Å². The Morgan fingerprint density at radius 2 is 1.88 bits per heavy atom. The zero-order chi connectivity index (χ0) is 17.6. The van der Waals surface area contributed by atoms with Crippen LogP contribution in [0.25, 0.3) is 10.9 Å². The van der Waals surface area contributed by atoms with E-state index in [1.807, 2.05) is 50.6 Å². The Kier molecular flexibility index (Phi) is 5.25. The Hall–Kier alpha value is -2.93. The number of carbonyl (C=O) groups is 1. The van der Waals surface area contributed by atoms with Crippen molar-refractivity contribution in [2.45, 2.75) is 6.42 Å². The Labute approximate surface area is 146 Å². The number of aromatic amines is 1. The molecule has 7 heteroatoms. The predicted molar refractivity (Wildman–Crippen MR) is 99.7 cm³/mol. The van der Waals surface area contributed by atoms with Gasteiger partial charge in [-0.2, -0.15) is 0 Å². The van der Waals surface area contributed by atoms with Gasteiger partial charge in [0.1, 0.15) is 5.82 Å². The molecule has 0 fully saturated rings. The minimum Gasteiger partial charge on any atom is -0.367 e. The number of rotatable bonds is 7. The number of hydrogen-bond acceptors (Lipinski definition) is 5. The van der Waals surface area contributed by atoms with Gasteiger partial charge in [0.2, 0.25) is 5.91 Å². The van der Waals surface area contributed by atoms with Gasteiger partial charge in [0.15, 0.2) is 5.82 Å². The van der Waals surface area contributed by atoms with Gasteiger partial charge in [-0.3, -0.25) is 4.79 Å². The Morgan fingerprint density at radius 3 is 2.64 bits per heavy atom. The van der Waals surface area contributed by atoms with Crippen LogP contribution in [0, 0.1) is 0 Å². The Balaban J connectivity index is 1.56. The molecule has 3 aromatic rings. The Bertz CT molecular complexity index is 840. The molecule has 0 bridgehead atoms. The fourth-order valence-electron chi connectivity index (χ4n) is 2.54. The molecule has 0 spiro atoms. The third-order valence-electron chi connectivity index (χ3n) is 3.82. The first-order valence-electron chi connectivity index (χ1n) is 8.19. The summed E-state index contributed by atoms with van der Waals surface area (Å²) in [7, 11) is 4.03. The number of hydrogen-bond donors (Lipinski definition) is 3. The number of anilines is 2. The second kappa shape index (κ2) is 7.76. The first-order chi connectivity index (χ1) is 12.1. The number of nitrogens with zero attached hydrogens (tertiary/aromatic N) is 3. The zero-order valence-electron chi connectivity index (χ0n) is 14.4. The summed E-state index contributed by atoms with van der Waals surface area (Å²) in [6.07, 6.45) is 2.15. The van der Waals surface area contributed by atoms with Crippen molar-refractivity contribution in [1.29, 1.82) is 0 Å². The van der Waals surface area contributed by atoms with E-state index in [1.54, 1.807) is 6.07 Å². The quantitative estimate of drug-likeness (QED) is 0.614. The molecule has 2 heterocycles. The fraction of sp³-hybridized carbons (Fsp3) is 0.278. The molecule has 130 valence electrons. The number of amides is 1. The molecule has 0 aliphatic rings. The maximum atomic E-state index is 12.2. The van der Waals surface area contributed by atoms with Crippen LogP contribution < -0.4 is 10.6 Å². The van der Waals surface area contributed by atoms with Crippen molar-refractivity contribution < 1.29 is 4.79 Å². The normalized spacial score (nSPS) is 11.0. The van der Waals surface area contributed by atoms with Crippen LogP contribution in [0.1, 0.15) is 5.56 Å². The summed E-state index contributed by atoms with van der Waals surface area (Å²) in [4.78, 5) is 17.5. The minimum atomic E-state index is -0.118. The number of benzene rings is 1. The molecule has 0 saturated carbocycles. The van der Waals surface area contributed by atoms with Crippen LogP contribution in [-0.4, -0.2) is 53.2 Å². The highest BCUT2D eigenvalue weighted by molar-refractivity contribution is 5.95. The van der Waals surface area contributed by atoms with E-state index in [4.69, 9.17) is 0 Å². The molecule has 0 radical (unpaired) electrons. The molecule has 0 saturated heterocycles. The van der Waals surface area contributed by atoms with Gasteiger partial charge in [0.05, 0.1) is 6.42 Å². The molecule has 0 aliphatic carbocycles. The molecule has 7 nitrogen and oxygen atoms in total. The lowest BCUT2D eigenvalue weighted by Crippen LogP contribution is -2.21. The predicted octanol–water partition coefficient (Wildman–Crippen LogP) is 2.11. The highest BCUT2D eigenvalue weighted by atomic mass is 16.1. The summed E-state index contributed by atoms with van der Waals surface area (Å²) < 4.78 is 0. The van der Waals surface area contributed by atoms with Crippen molar-refractivity contribution >= 4 is 28.4 Å². The van der Waals surface area contributed by atoms with E-state index in [0.29, 0.717) is 11.6 Å². The van der Waals surface area contributed by atoms with Gasteiger partial charge < -0.3 is 20.5 Å². The van der Waals surface area contributed by atoms with Crippen LogP contribution in [0.2, 0.25) is 0 Å². The summed E-state index contributed by atoms with van der Waals surface area (Å²) in [5.74, 6) is 1.02. The summed E-state index contributed by atoms with van der Waals surface area (Å²) in [5.41, 5.74) is 1.99. The molecule has 0 unspecified atom stereocenters. The average molecular weight is 338 g/mol. The number of likely N-dealkylation sites (N-methyl/N-ethyl adjacent to an activating group) is 1. The largest absolute Gasteiger partial charge is 0.367 e. The molecule has 3 N–H and O–H groups in total. The van der Waals surface area contributed by atoms with E-state index in [9.17, 15) is 4.79 Å². The topological polar surface area (TPSA) is 85.9 Å². The fourth-order valence-corrected chi connectivity index (χ4v) is 2.54. The van der Waals surface area contributed by atoms with Crippen molar-refractivity contribution in [2.24, 2.45) is 0 Å². The molecule has 25 heavy (non-hydrogen) atoms. The van der Waals surface area contributed by atoms with E-state index in [1.165, 1.54) is 0 Å². The second-order valence-electron chi connectivity index (χ2n) is 6.12. The molecule has 1 amide bonds. The van der Waals surface area contributed by atoms with Crippen LogP contribution in [0.15, 0.2) is 42.6 Å². The van der Waals surface area contributed by atoms with E-state index in [0.717, 1.165) is 29.6 Å². The van der Waals surface area contributed by atoms with Crippen LogP contribution in [0.3, 0.4) is 0 Å². The number of H-pyrrole nitrogens is 1. The molecule has 0 aliphatic heterocycles. The van der Waals surface area contributed by atoms with Gasteiger partial charge in [-0.1, -0.05) is 18.2 Å². The number of para-hydroxylation sites is 1. The molecular weight excluding hydrogens is 316 g/mol. The number of carbonyl (C=O) groups excluding carboxylic acids is 1. The van der Waals surface area contributed by atoms with Crippen LogP contribution in [0.5, 0.6) is 0 Å². The number of fused-ring (bicyclic) bond motifs is 1. The standard InChI is InChI=1S/C18H22N6O/c1-24(2)10-9-19-16-7-8-17(23-22-16)21-18(25)11-13-12-20-15-6-4-3-5-14(13)15/h3-8,12,20H,9-11H2,1-2H3,(H,19,22)(H,21,23,25). The SMILES string of the molecule is CN(C)CCNc1ccc(NC(=O)Cc2c[nH]c3ccccc23)nn1. The number of aromatic nitrogens is 3. The minimum absolute atomic E-state index is 0.118. The third-order valence-corrected chi connectivity index (χ3v) is 3.82. The number of nitrogens with one attached hydrogen (secondary N) is 3. The first-order valence-corrected chi connectivity index (χ1v) is 8.19. The third kappa shape index (κ3) is 4.54. The van der Waals surface area contributed by atoms with Gasteiger partial charge in [-0.15, -0.1) is 10.2 Å². The zero-order valence-corrected chi connectivity index (χ0v) is 14.4. The van der Waals surface area contributed by atoms with Gasteiger partial charge in [-0.25, -0.2) is 0 Å². The summed E-state index contributed by atoms with van der Waals surface area (Å²) in [5, 5.41) is 15.1. The van der Waals surface area contributed by atoms with Crippen molar-refractivity contribution in [2.75, 3.05) is 37.8 Å². The van der Waals surface area contributed by atoms with Crippen molar-refractivity contribution in [1.82, 2.24) is 20.1 Å². The van der Waals surface area contributed by atoms with Gasteiger partial charge in [-0.05, 0) is 37.9 Å². The van der Waals surface area contributed by atoms with Gasteiger partial charge in [0, 0.05) is 30.2 Å². The summed E-state index contributed by atoms with van der Waals surface area (Å²) >= 11 is 0. The molecular formula is C18H22N6O. The van der Waals surface area contributed by atoms with Crippen LogP contribution >= 0.6 is 0 Å². The van der Waals surface area contributed by atoms with E-state index >= 15 is 0 Å². The van der Waals surface area contributed by atoms with E-state index < -0.39 is 0 Å². The Morgan fingerprint density at radius 1 is 1.12 bits per heavy atom. The van der Waals surface area contributed by atoms with Gasteiger partial charge in [0.25, 0.3) is 0 Å². The molecule has 0 atom stereocenters. The second-order valence-corrected chi connectivity index (χ2v) is 6.12. The van der Waals surface area contributed by atoms with Crippen molar-refractivity contribution in [3.05, 3.63) is 48.2 Å². The lowest BCUT2D eigenvalue weighted by atomic mass is 10.1. The smallest absolute Gasteiger partial charge is 0.230 e. The highest BCUT2D eigenvalue weighted by Gasteiger charge is 2.09. The monoisotopic (exact) mass is 338 g/mol. The molecule has 2 aromatic heterocycles. The van der Waals surface area contributed by atoms with E-state index in [2.05, 4.69) is 30.7 Å². The summed E-state index contributed by atoms with van der Waals surface area (Å²) in [6, 6.07) is 11.5. The summed E-state index contributed by atoms with van der Waals surface area (Å²) in [6.45, 7) is 1.69. The maximum absolute atomic E-state index is 12.2. The van der Waals surface area contributed by atoms with Crippen LogP contribution in [-0.2, 0) is 11.2 Å². The lowest BCUT2D eigenvalue weighted by Gasteiger charge is -2.10. The van der Waals surface area contributed by atoms with Gasteiger partial charge >= 0.3 is 0 Å². The maximum Gasteiger partial charge on any atom is 0.230 e. The first kappa shape index (κ1) is 16.9. The van der Waals surface area contributed by atoms with Crippen LogP contribution in [0.4, 0.5) is 11.6 Å². The molecule has 1 aromatic carbocycles.